The quantitative estimate of drug-likeness (QED) is 0.826. The van der Waals surface area contributed by atoms with Crippen LogP contribution in [0.3, 0.4) is 0 Å². The smallest absolute Gasteiger partial charge is 0.308 e. The molecule has 3 atom stereocenters. The summed E-state index contributed by atoms with van der Waals surface area (Å²) in [7, 11) is -3.49. The number of carbonyl (C=O) groups is 1. The summed E-state index contributed by atoms with van der Waals surface area (Å²) < 4.78 is 27.9. The van der Waals surface area contributed by atoms with E-state index in [9.17, 15) is 13.2 Å². The zero-order chi connectivity index (χ0) is 14.2. The van der Waals surface area contributed by atoms with Gasteiger partial charge in [-0.25, -0.2) is 0 Å². The third kappa shape index (κ3) is 2.93. The molecule has 0 bridgehead atoms. The largest absolute Gasteiger partial charge is 0.481 e. The second kappa shape index (κ2) is 5.38. The molecule has 0 amide bonds. The summed E-state index contributed by atoms with van der Waals surface area (Å²) in [6.07, 6.45) is 1.94. The van der Waals surface area contributed by atoms with Crippen molar-refractivity contribution in [1.29, 1.82) is 0 Å². The topological polar surface area (TPSA) is 77.9 Å². The molecule has 2 saturated heterocycles. The van der Waals surface area contributed by atoms with Crippen LogP contribution in [0.25, 0.3) is 0 Å². The highest BCUT2D eigenvalue weighted by molar-refractivity contribution is 7.86. The lowest BCUT2D eigenvalue weighted by atomic mass is 9.99. The molecule has 19 heavy (non-hydrogen) atoms. The Morgan fingerprint density at radius 1 is 1.16 bits per heavy atom. The van der Waals surface area contributed by atoms with Crippen molar-refractivity contribution in [2.75, 3.05) is 26.2 Å². The number of carboxylic acid groups (broad SMARTS) is 1. The number of nitrogens with zero attached hydrogens (tertiary/aromatic N) is 2. The summed E-state index contributed by atoms with van der Waals surface area (Å²) in [4.78, 5) is 11.1. The molecule has 2 heterocycles. The van der Waals surface area contributed by atoms with Crippen molar-refractivity contribution in [1.82, 2.24) is 8.61 Å². The minimum Gasteiger partial charge on any atom is -0.481 e. The molecule has 0 spiro atoms. The van der Waals surface area contributed by atoms with Gasteiger partial charge in [-0.3, -0.25) is 4.79 Å². The van der Waals surface area contributed by atoms with Crippen molar-refractivity contribution < 1.29 is 18.3 Å². The first kappa shape index (κ1) is 14.7. The molecule has 0 aliphatic carbocycles. The molecule has 2 fully saturated rings. The summed E-state index contributed by atoms with van der Waals surface area (Å²) >= 11 is 0. The van der Waals surface area contributed by atoms with E-state index in [4.69, 9.17) is 5.11 Å². The molecule has 110 valence electrons. The third-order valence-electron chi connectivity index (χ3n) is 4.17. The van der Waals surface area contributed by atoms with Gasteiger partial charge >= 0.3 is 5.97 Å². The van der Waals surface area contributed by atoms with Crippen LogP contribution >= 0.6 is 0 Å². The Morgan fingerprint density at radius 2 is 1.84 bits per heavy atom. The maximum Gasteiger partial charge on any atom is 0.308 e. The van der Waals surface area contributed by atoms with Gasteiger partial charge in [0.2, 0.25) is 0 Å². The van der Waals surface area contributed by atoms with Gasteiger partial charge in [-0.05, 0) is 24.7 Å². The highest BCUT2D eigenvalue weighted by Gasteiger charge is 2.42. The van der Waals surface area contributed by atoms with Crippen LogP contribution in [0, 0.1) is 17.8 Å². The van der Waals surface area contributed by atoms with E-state index in [1.165, 1.54) is 8.61 Å². The van der Waals surface area contributed by atoms with Crippen molar-refractivity contribution >= 4 is 16.2 Å². The van der Waals surface area contributed by atoms with Crippen LogP contribution in [0.4, 0.5) is 0 Å². The fourth-order valence-corrected chi connectivity index (χ4v) is 4.85. The lowest BCUT2D eigenvalue weighted by Crippen LogP contribution is -2.47. The van der Waals surface area contributed by atoms with Crippen molar-refractivity contribution in [3.05, 3.63) is 0 Å². The summed E-state index contributed by atoms with van der Waals surface area (Å²) in [5.41, 5.74) is 0. The molecule has 2 rings (SSSR count). The Bertz CT molecular complexity index is 451. The fourth-order valence-electron chi connectivity index (χ4n) is 2.95. The number of piperidine rings is 1. The van der Waals surface area contributed by atoms with Crippen LogP contribution in [0.2, 0.25) is 0 Å². The first-order chi connectivity index (χ1) is 8.82. The molecule has 0 saturated carbocycles. The second-order valence-corrected chi connectivity index (χ2v) is 7.78. The van der Waals surface area contributed by atoms with Crippen molar-refractivity contribution in [3.8, 4) is 0 Å². The molecule has 2 aliphatic heterocycles. The summed E-state index contributed by atoms with van der Waals surface area (Å²) in [6.45, 7) is 5.36. The van der Waals surface area contributed by atoms with Crippen molar-refractivity contribution in [2.24, 2.45) is 17.8 Å². The van der Waals surface area contributed by atoms with E-state index in [-0.39, 0.29) is 12.5 Å². The minimum absolute atomic E-state index is 0.101. The monoisotopic (exact) mass is 290 g/mol. The first-order valence-corrected chi connectivity index (χ1v) is 8.20. The van der Waals surface area contributed by atoms with Crippen LogP contribution in [-0.2, 0) is 15.0 Å². The van der Waals surface area contributed by atoms with Gasteiger partial charge in [0.05, 0.1) is 5.92 Å². The van der Waals surface area contributed by atoms with Crippen molar-refractivity contribution in [2.45, 2.75) is 26.7 Å². The van der Waals surface area contributed by atoms with E-state index < -0.39 is 22.1 Å². The molecule has 3 unspecified atom stereocenters. The van der Waals surface area contributed by atoms with Gasteiger partial charge in [0.25, 0.3) is 10.2 Å². The SMILES string of the molecule is CC1CCCN(S(=O)(=O)N2CC(C)C(C(=O)O)C2)C1. The molecule has 6 nitrogen and oxygen atoms in total. The van der Waals surface area contributed by atoms with Crippen molar-refractivity contribution in [3.63, 3.8) is 0 Å². The zero-order valence-corrected chi connectivity index (χ0v) is 12.3. The standard InChI is InChI=1S/C12H22N2O4S/c1-9-4-3-5-13(6-9)19(17,18)14-7-10(2)11(8-14)12(15)16/h9-11H,3-8H2,1-2H3,(H,15,16). The van der Waals surface area contributed by atoms with Crippen LogP contribution in [0.5, 0.6) is 0 Å². The number of aliphatic carboxylic acids is 1. The predicted octanol–water partition coefficient (Wildman–Crippen LogP) is 0.616. The van der Waals surface area contributed by atoms with Gasteiger partial charge in [-0.15, -0.1) is 0 Å². The minimum atomic E-state index is -3.49. The Hall–Kier alpha value is -0.660. The average Bonchev–Trinajstić information content (AvgIpc) is 2.72. The molecule has 0 aromatic heterocycles. The Kier molecular flexibility index (Phi) is 4.17. The van der Waals surface area contributed by atoms with Crippen LogP contribution < -0.4 is 0 Å². The molecule has 7 heteroatoms. The van der Waals surface area contributed by atoms with E-state index in [0.717, 1.165) is 12.8 Å². The molecule has 2 aliphatic rings. The van der Waals surface area contributed by atoms with Gasteiger partial charge in [0, 0.05) is 26.2 Å². The third-order valence-corrected chi connectivity index (χ3v) is 6.10. The van der Waals surface area contributed by atoms with E-state index in [0.29, 0.717) is 25.6 Å². The van der Waals surface area contributed by atoms with Gasteiger partial charge in [-0.2, -0.15) is 17.0 Å². The highest BCUT2D eigenvalue weighted by Crippen LogP contribution is 2.28. The number of hydrogen-bond acceptors (Lipinski definition) is 3. The zero-order valence-electron chi connectivity index (χ0n) is 11.4. The normalized spacial score (nSPS) is 34.5. The van der Waals surface area contributed by atoms with E-state index >= 15 is 0 Å². The Balaban J connectivity index is 2.10. The second-order valence-electron chi connectivity index (χ2n) is 5.85. The van der Waals surface area contributed by atoms with E-state index in [1.54, 1.807) is 6.92 Å². The Labute approximate surface area is 114 Å². The molecular weight excluding hydrogens is 268 g/mol. The molecule has 0 aromatic rings. The lowest BCUT2D eigenvalue weighted by molar-refractivity contribution is -0.142. The van der Waals surface area contributed by atoms with E-state index in [1.807, 2.05) is 6.92 Å². The fraction of sp³-hybridized carbons (Fsp3) is 0.917. The highest BCUT2D eigenvalue weighted by atomic mass is 32.2. The number of carboxylic acids is 1. The van der Waals surface area contributed by atoms with Gasteiger partial charge < -0.3 is 5.11 Å². The van der Waals surface area contributed by atoms with Gasteiger partial charge in [-0.1, -0.05) is 13.8 Å². The maximum atomic E-state index is 12.5. The van der Waals surface area contributed by atoms with E-state index in [2.05, 4.69) is 0 Å². The lowest BCUT2D eigenvalue weighted by Gasteiger charge is -2.33. The summed E-state index contributed by atoms with van der Waals surface area (Å²) in [5, 5.41) is 9.08. The summed E-state index contributed by atoms with van der Waals surface area (Å²) in [5.74, 6) is -1.25. The van der Waals surface area contributed by atoms with Crippen LogP contribution in [0.1, 0.15) is 26.7 Å². The molecular formula is C12H22N2O4S. The van der Waals surface area contributed by atoms with Crippen LogP contribution in [-0.4, -0.2) is 54.3 Å². The number of hydrogen-bond donors (Lipinski definition) is 1. The average molecular weight is 290 g/mol. The molecule has 0 radical (unpaired) electrons. The summed E-state index contributed by atoms with van der Waals surface area (Å²) in [6, 6.07) is 0. The maximum absolute atomic E-state index is 12.5. The molecule has 1 N–H and O–H groups in total. The predicted molar refractivity (Wildman–Crippen MR) is 70.8 cm³/mol. The first-order valence-electron chi connectivity index (χ1n) is 6.80. The number of rotatable bonds is 3. The molecule has 0 aromatic carbocycles. The van der Waals surface area contributed by atoms with Gasteiger partial charge in [0.1, 0.15) is 0 Å². The van der Waals surface area contributed by atoms with Gasteiger partial charge in [0.15, 0.2) is 0 Å². The van der Waals surface area contributed by atoms with Crippen LogP contribution in [0.15, 0.2) is 0 Å². The Morgan fingerprint density at radius 3 is 2.37 bits per heavy atom.